The summed E-state index contributed by atoms with van der Waals surface area (Å²) in [6.07, 6.45) is 6.10. The van der Waals surface area contributed by atoms with Crippen LogP contribution < -0.4 is 10.2 Å². The molecule has 0 atom stereocenters. The number of hydrogen-bond acceptors (Lipinski definition) is 2. The maximum Gasteiger partial charge on any atom is 0.230 e. The van der Waals surface area contributed by atoms with Crippen molar-refractivity contribution in [1.82, 2.24) is 5.32 Å². The Bertz CT molecular complexity index is 589. The van der Waals surface area contributed by atoms with E-state index in [-0.39, 0.29) is 23.1 Å². The lowest BCUT2D eigenvalue weighted by Crippen LogP contribution is -2.42. The molecule has 0 radical (unpaired) electrons. The van der Waals surface area contributed by atoms with Gasteiger partial charge in [-0.25, -0.2) is 4.39 Å². The van der Waals surface area contributed by atoms with Gasteiger partial charge in [-0.2, -0.15) is 0 Å². The van der Waals surface area contributed by atoms with Crippen LogP contribution in [0.1, 0.15) is 44.1 Å². The molecule has 0 bridgehead atoms. The first-order chi connectivity index (χ1) is 10.7. The van der Waals surface area contributed by atoms with Crippen LogP contribution in [-0.2, 0) is 10.2 Å². The van der Waals surface area contributed by atoms with Crippen molar-refractivity contribution in [2.24, 2.45) is 5.92 Å². The van der Waals surface area contributed by atoms with E-state index in [9.17, 15) is 9.18 Å². The summed E-state index contributed by atoms with van der Waals surface area (Å²) < 4.78 is 14.5. The third-order valence-electron chi connectivity index (χ3n) is 5.79. The highest BCUT2D eigenvalue weighted by Crippen LogP contribution is 2.51. The highest BCUT2D eigenvalue weighted by molar-refractivity contribution is 5.98. The Morgan fingerprint density at radius 2 is 1.95 bits per heavy atom. The minimum Gasteiger partial charge on any atom is -0.317 e. The zero-order chi connectivity index (χ0) is 15.2. The fourth-order valence-corrected chi connectivity index (χ4v) is 4.68. The molecule has 2 heterocycles. The predicted octanol–water partition coefficient (Wildman–Crippen LogP) is 2.98. The first-order valence-electron chi connectivity index (χ1n) is 8.52. The van der Waals surface area contributed by atoms with Crippen LogP contribution in [0.3, 0.4) is 0 Å². The summed E-state index contributed by atoms with van der Waals surface area (Å²) in [6.45, 7) is 2.50. The Kier molecular flexibility index (Phi) is 3.44. The number of nitrogens with one attached hydrogen (secondary N) is 1. The molecule has 4 heteroatoms. The van der Waals surface area contributed by atoms with E-state index in [1.165, 1.54) is 0 Å². The number of amides is 1. The largest absolute Gasteiger partial charge is 0.317 e. The molecular weight excluding hydrogens is 279 g/mol. The van der Waals surface area contributed by atoms with Crippen molar-refractivity contribution < 1.29 is 9.18 Å². The lowest BCUT2D eigenvalue weighted by atomic mass is 9.80. The SMILES string of the molecule is O=C(C1CCNCC1)N1CC2(CCCC2)c2c(F)cccc21. The molecule has 118 valence electrons. The standard InChI is InChI=1S/C18H23FN2O/c19-14-4-3-5-15-16(14)18(8-1-2-9-18)12-21(15)17(22)13-6-10-20-11-7-13/h3-5,13,20H,1-2,6-12H2. The van der Waals surface area contributed by atoms with E-state index in [1.54, 1.807) is 12.1 Å². The average molecular weight is 302 g/mol. The average Bonchev–Trinajstić information content (AvgIpc) is 3.15. The van der Waals surface area contributed by atoms with Crippen molar-refractivity contribution >= 4 is 11.6 Å². The molecule has 4 rings (SSSR count). The van der Waals surface area contributed by atoms with Crippen LogP contribution in [-0.4, -0.2) is 25.5 Å². The number of hydrogen-bond donors (Lipinski definition) is 1. The fraction of sp³-hybridized carbons (Fsp3) is 0.611. The molecule has 1 saturated heterocycles. The fourth-order valence-electron chi connectivity index (χ4n) is 4.68. The van der Waals surface area contributed by atoms with Gasteiger partial charge in [0.15, 0.2) is 0 Å². The number of piperidine rings is 1. The highest BCUT2D eigenvalue weighted by Gasteiger charge is 2.48. The van der Waals surface area contributed by atoms with Crippen molar-refractivity contribution in [3.8, 4) is 0 Å². The molecule has 1 spiro atoms. The molecule has 0 unspecified atom stereocenters. The summed E-state index contributed by atoms with van der Waals surface area (Å²) in [6, 6.07) is 5.23. The molecule has 22 heavy (non-hydrogen) atoms. The third-order valence-corrected chi connectivity index (χ3v) is 5.79. The van der Waals surface area contributed by atoms with Crippen LogP contribution >= 0.6 is 0 Å². The van der Waals surface area contributed by atoms with Crippen LogP contribution in [0.25, 0.3) is 0 Å². The van der Waals surface area contributed by atoms with Gasteiger partial charge in [0.05, 0.1) is 5.69 Å². The van der Waals surface area contributed by atoms with Crippen LogP contribution in [0, 0.1) is 11.7 Å². The van der Waals surface area contributed by atoms with Crippen LogP contribution in [0.15, 0.2) is 18.2 Å². The molecule has 2 aliphatic heterocycles. The predicted molar refractivity (Wildman–Crippen MR) is 84.5 cm³/mol. The highest BCUT2D eigenvalue weighted by atomic mass is 19.1. The lowest BCUT2D eigenvalue weighted by Gasteiger charge is -2.29. The van der Waals surface area contributed by atoms with E-state index >= 15 is 0 Å². The van der Waals surface area contributed by atoms with Crippen molar-refractivity contribution in [3.05, 3.63) is 29.6 Å². The third kappa shape index (κ3) is 2.08. The van der Waals surface area contributed by atoms with Gasteiger partial charge in [0.1, 0.15) is 5.82 Å². The molecule has 1 N–H and O–H groups in total. The van der Waals surface area contributed by atoms with E-state index in [0.29, 0.717) is 6.54 Å². The van der Waals surface area contributed by atoms with Gasteiger partial charge in [-0.3, -0.25) is 4.79 Å². The van der Waals surface area contributed by atoms with E-state index in [0.717, 1.165) is 62.9 Å². The number of rotatable bonds is 1. The summed E-state index contributed by atoms with van der Waals surface area (Å²) in [4.78, 5) is 14.9. The smallest absolute Gasteiger partial charge is 0.230 e. The Labute approximate surface area is 130 Å². The van der Waals surface area contributed by atoms with Gasteiger partial charge in [0.2, 0.25) is 5.91 Å². The molecule has 3 nitrogen and oxygen atoms in total. The number of fused-ring (bicyclic) bond motifs is 2. The number of halogens is 1. The number of benzene rings is 1. The molecule has 1 aliphatic carbocycles. The molecule has 1 amide bonds. The second-order valence-electron chi connectivity index (χ2n) is 7.07. The first kappa shape index (κ1) is 14.2. The minimum atomic E-state index is -0.125. The Hall–Kier alpha value is -1.42. The number of anilines is 1. The second kappa shape index (κ2) is 5.34. The van der Waals surface area contributed by atoms with Crippen molar-refractivity contribution in [2.75, 3.05) is 24.5 Å². The summed E-state index contributed by atoms with van der Waals surface area (Å²) >= 11 is 0. The lowest BCUT2D eigenvalue weighted by molar-refractivity contribution is -0.123. The van der Waals surface area contributed by atoms with Crippen molar-refractivity contribution in [1.29, 1.82) is 0 Å². The van der Waals surface area contributed by atoms with E-state index in [2.05, 4.69) is 5.32 Å². The second-order valence-corrected chi connectivity index (χ2v) is 7.07. The van der Waals surface area contributed by atoms with Gasteiger partial charge in [0, 0.05) is 23.4 Å². The minimum absolute atomic E-state index is 0.0916. The molecular formula is C18H23FN2O. The first-order valence-corrected chi connectivity index (χ1v) is 8.52. The zero-order valence-corrected chi connectivity index (χ0v) is 12.9. The van der Waals surface area contributed by atoms with Gasteiger partial charge in [-0.15, -0.1) is 0 Å². The van der Waals surface area contributed by atoms with E-state index in [4.69, 9.17) is 0 Å². The Balaban J connectivity index is 1.70. The van der Waals surface area contributed by atoms with Crippen molar-refractivity contribution in [3.63, 3.8) is 0 Å². The normalized spacial score (nSPS) is 24.0. The van der Waals surface area contributed by atoms with Crippen molar-refractivity contribution in [2.45, 2.75) is 43.9 Å². The van der Waals surface area contributed by atoms with E-state index < -0.39 is 0 Å². The summed E-state index contributed by atoms with van der Waals surface area (Å²) in [5.41, 5.74) is 1.53. The molecule has 0 aromatic heterocycles. The maximum absolute atomic E-state index is 14.5. The van der Waals surface area contributed by atoms with Crippen LogP contribution in [0.5, 0.6) is 0 Å². The van der Waals surface area contributed by atoms with Gasteiger partial charge in [-0.05, 0) is 50.9 Å². The Morgan fingerprint density at radius 3 is 2.68 bits per heavy atom. The van der Waals surface area contributed by atoms with Crippen LogP contribution in [0.2, 0.25) is 0 Å². The van der Waals surface area contributed by atoms with Crippen LogP contribution in [0.4, 0.5) is 10.1 Å². The molecule has 1 aromatic carbocycles. The number of carbonyl (C=O) groups excluding carboxylic acids is 1. The summed E-state index contributed by atoms with van der Waals surface area (Å²) in [5.74, 6) is 0.172. The maximum atomic E-state index is 14.5. The molecule has 2 fully saturated rings. The van der Waals surface area contributed by atoms with Gasteiger partial charge in [0.25, 0.3) is 0 Å². The zero-order valence-electron chi connectivity index (χ0n) is 12.9. The molecule has 1 aromatic rings. The molecule has 3 aliphatic rings. The summed E-state index contributed by atoms with van der Waals surface area (Å²) in [5, 5.41) is 3.31. The van der Waals surface area contributed by atoms with E-state index in [1.807, 2.05) is 11.0 Å². The number of carbonyl (C=O) groups is 1. The van der Waals surface area contributed by atoms with Gasteiger partial charge in [-0.1, -0.05) is 18.9 Å². The van der Waals surface area contributed by atoms with Gasteiger partial charge >= 0.3 is 0 Å². The summed E-state index contributed by atoms with van der Waals surface area (Å²) in [7, 11) is 0. The van der Waals surface area contributed by atoms with Gasteiger partial charge < -0.3 is 10.2 Å². The molecule has 1 saturated carbocycles. The topological polar surface area (TPSA) is 32.3 Å². The number of nitrogens with zero attached hydrogens (tertiary/aromatic N) is 1. The monoisotopic (exact) mass is 302 g/mol. The quantitative estimate of drug-likeness (QED) is 0.865. The Morgan fingerprint density at radius 1 is 1.23 bits per heavy atom.